The van der Waals surface area contributed by atoms with E-state index in [9.17, 15) is 9.90 Å². The second kappa shape index (κ2) is 5.60. The first-order valence-corrected chi connectivity index (χ1v) is 5.38. The molecule has 0 aliphatic carbocycles. The average molecular weight is 238 g/mol. The highest BCUT2D eigenvalue weighted by molar-refractivity contribution is 5.96. The zero-order chi connectivity index (χ0) is 12.1. The van der Waals surface area contributed by atoms with Crippen LogP contribution in [-0.4, -0.2) is 48.5 Å². The largest absolute Gasteiger partial charge is 0.505 e. The molecule has 1 amide bonds. The van der Waals surface area contributed by atoms with Crippen molar-refractivity contribution < 1.29 is 19.4 Å². The normalized spacial score (nSPS) is 19.9. The summed E-state index contributed by atoms with van der Waals surface area (Å²) in [5.74, 6) is -0.482. The van der Waals surface area contributed by atoms with Crippen molar-refractivity contribution in [3.05, 3.63) is 24.0 Å². The van der Waals surface area contributed by atoms with Crippen LogP contribution >= 0.6 is 0 Å². The van der Waals surface area contributed by atoms with Crippen LogP contribution in [0.25, 0.3) is 0 Å². The van der Waals surface area contributed by atoms with Crippen LogP contribution in [0.1, 0.15) is 10.4 Å². The molecule has 17 heavy (non-hydrogen) atoms. The molecule has 1 saturated heterocycles. The van der Waals surface area contributed by atoms with Crippen LogP contribution in [0.5, 0.6) is 5.75 Å². The second-order valence-corrected chi connectivity index (χ2v) is 3.67. The van der Waals surface area contributed by atoms with Gasteiger partial charge in [0.2, 0.25) is 0 Å². The fourth-order valence-corrected chi connectivity index (χ4v) is 1.53. The smallest absolute Gasteiger partial charge is 0.255 e. The van der Waals surface area contributed by atoms with Gasteiger partial charge in [-0.15, -0.1) is 0 Å². The first kappa shape index (κ1) is 11.8. The number of carbonyl (C=O) groups excluding carboxylic acids is 1. The average Bonchev–Trinajstić information content (AvgIpc) is 2.38. The third-order valence-corrected chi connectivity index (χ3v) is 2.42. The van der Waals surface area contributed by atoms with E-state index in [2.05, 4.69) is 10.3 Å². The Hall–Kier alpha value is -1.66. The van der Waals surface area contributed by atoms with Crippen LogP contribution in [0.4, 0.5) is 0 Å². The summed E-state index contributed by atoms with van der Waals surface area (Å²) in [6.07, 6.45) is 2.56. The summed E-state index contributed by atoms with van der Waals surface area (Å²) in [6, 6.07) is 1.46. The Kier molecular flexibility index (Phi) is 3.89. The maximum Gasteiger partial charge on any atom is 0.255 e. The lowest BCUT2D eigenvalue weighted by Crippen LogP contribution is -2.39. The fraction of sp³-hybridized carbons (Fsp3) is 0.455. The minimum absolute atomic E-state index is 0.128. The first-order valence-electron chi connectivity index (χ1n) is 5.38. The number of ether oxygens (including phenoxy) is 2. The number of nitrogens with zero attached hydrogens (tertiary/aromatic N) is 1. The van der Waals surface area contributed by atoms with E-state index < -0.39 is 0 Å². The molecule has 2 rings (SSSR count). The van der Waals surface area contributed by atoms with Crippen molar-refractivity contribution in [2.75, 3.05) is 26.4 Å². The van der Waals surface area contributed by atoms with Gasteiger partial charge in [0.1, 0.15) is 5.75 Å². The van der Waals surface area contributed by atoms with Crippen molar-refractivity contribution in [1.29, 1.82) is 0 Å². The van der Waals surface area contributed by atoms with Crippen LogP contribution in [0.3, 0.4) is 0 Å². The van der Waals surface area contributed by atoms with Crippen molar-refractivity contribution in [2.45, 2.75) is 6.10 Å². The lowest BCUT2D eigenvalue weighted by molar-refractivity contribution is -0.0855. The van der Waals surface area contributed by atoms with Crippen LogP contribution < -0.4 is 5.32 Å². The topological polar surface area (TPSA) is 80.7 Å². The van der Waals surface area contributed by atoms with Crippen LogP contribution in [0.2, 0.25) is 0 Å². The minimum atomic E-state index is -0.348. The summed E-state index contributed by atoms with van der Waals surface area (Å²) in [5, 5.41) is 12.1. The molecule has 0 bridgehead atoms. The zero-order valence-electron chi connectivity index (χ0n) is 9.26. The van der Waals surface area contributed by atoms with E-state index >= 15 is 0 Å². The number of nitrogens with one attached hydrogen (secondary N) is 1. The van der Waals surface area contributed by atoms with E-state index in [1.807, 2.05) is 0 Å². The highest BCUT2D eigenvalue weighted by atomic mass is 16.6. The number of aromatic nitrogens is 1. The third-order valence-electron chi connectivity index (χ3n) is 2.42. The molecule has 1 aliphatic heterocycles. The van der Waals surface area contributed by atoms with Crippen LogP contribution in [-0.2, 0) is 9.47 Å². The van der Waals surface area contributed by atoms with Gasteiger partial charge in [0.25, 0.3) is 5.91 Å². The Labute approximate surface area is 98.6 Å². The van der Waals surface area contributed by atoms with Crippen LogP contribution in [0.15, 0.2) is 18.5 Å². The lowest BCUT2D eigenvalue weighted by Gasteiger charge is -2.23. The number of hydrogen-bond acceptors (Lipinski definition) is 5. The molecule has 1 aromatic rings. The molecule has 1 unspecified atom stereocenters. The highest BCUT2D eigenvalue weighted by Gasteiger charge is 2.16. The SMILES string of the molecule is O=C(NCC1COCCO1)c1ccncc1O. The molecule has 1 aliphatic rings. The summed E-state index contributed by atoms with van der Waals surface area (Å²) in [7, 11) is 0. The summed E-state index contributed by atoms with van der Waals surface area (Å²) in [5.41, 5.74) is 0.205. The maximum absolute atomic E-state index is 11.7. The van der Waals surface area contributed by atoms with E-state index in [0.717, 1.165) is 0 Å². The molecule has 1 aromatic heterocycles. The number of carbonyl (C=O) groups is 1. The van der Waals surface area contributed by atoms with E-state index in [1.54, 1.807) is 0 Å². The van der Waals surface area contributed by atoms with Crippen molar-refractivity contribution in [2.24, 2.45) is 0 Å². The molecular weight excluding hydrogens is 224 g/mol. The summed E-state index contributed by atoms with van der Waals surface area (Å²) < 4.78 is 10.6. The monoisotopic (exact) mass is 238 g/mol. The van der Waals surface area contributed by atoms with Crippen molar-refractivity contribution >= 4 is 5.91 Å². The molecule has 92 valence electrons. The van der Waals surface area contributed by atoms with E-state index in [4.69, 9.17) is 9.47 Å². The lowest BCUT2D eigenvalue weighted by atomic mass is 10.2. The van der Waals surface area contributed by atoms with Gasteiger partial charge in [-0.3, -0.25) is 9.78 Å². The van der Waals surface area contributed by atoms with Crippen LogP contribution in [0, 0.1) is 0 Å². The molecule has 6 nitrogen and oxygen atoms in total. The van der Waals surface area contributed by atoms with Crippen molar-refractivity contribution in [3.8, 4) is 5.75 Å². The molecule has 1 fully saturated rings. The molecule has 1 atom stereocenters. The molecule has 6 heteroatoms. The van der Waals surface area contributed by atoms with Gasteiger partial charge < -0.3 is 19.9 Å². The molecule has 2 N–H and O–H groups in total. The van der Waals surface area contributed by atoms with Gasteiger partial charge in [-0.1, -0.05) is 0 Å². The molecule has 0 aromatic carbocycles. The molecule has 0 radical (unpaired) electrons. The Morgan fingerprint density at radius 1 is 1.59 bits per heavy atom. The zero-order valence-corrected chi connectivity index (χ0v) is 9.26. The molecular formula is C11H14N2O4. The third kappa shape index (κ3) is 3.15. The van der Waals surface area contributed by atoms with Gasteiger partial charge in [-0.2, -0.15) is 0 Å². The second-order valence-electron chi connectivity index (χ2n) is 3.67. The van der Waals surface area contributed by atoms with Gasteiger partial charge in [-0.25, -0.2) is 0 Å². The number of pyridine rings is 1. The minimum Gasteiger partial charge on any atom is -0.505 e. The Morgan fingerprint density at radius 3 is 3.18 bits per heavy atom. The number of aromatic hydroxyl groups is 1. The highest BCUT2D eigenvalue weighted by Crippen LogP contribution is 2.13. The Morgan fingerprint density at radius 2 is 2.47 bits per heavy atom. The predicted molar refractivity (Wildman–Crippen MR) is 58.8 cm³/mol. The summed E-state index contributed by atoms with van der Waals surface area (Å²) >= 11 is 0. The van der Waals surface area contributed by atoms with Crippen molar-refractivity contribution in [1.82, 2.24) is 10.3 Å². The standard InChI is InChI=1S/C11H14N2O4/c14-10-6-12-2-1-9(10)11(15)13-5-8-7-16-3-4-17-8/h1-2,6,8,14H,3-5,7H2,(H,13,15). The van der Waals surface area contributed by atoms with Gasteiger partial charge in [0.05, 0.1) is 37.7 Å². The predicted octanol–water partition coefficient (Wildman–Crippen LogP) is -0.0676. The Balaban J connectivity index is 1.87. The van der Waals surface area contributed by atoms with Gasteiger partial charge in [0, 0.05) is 12.7 Å². The van der Waals surface area contributed by atoms with Gasteiger partial charge in [0.15, 0.2) is 0 Å². The molecule has 0 saturated carbocycles. The van der Waals surface area contributed by atoms with E-state index in [0.29, 0.717) is 26.4 Å². The van der Waals surface area contributed by atoms with Crippen molar-refractivity contribution in [3.63, 3.8) is 0 Å². The summed E-state index contributed by atoms with van der Waals surface area (Å²) in [4.78, 5) is 15.4. The first-order chi connectivity index (χ1) is 8.27. The number of amides is 1. The van der Waals surface area contributed by atoms with Gasteiger partial charge in [-0.05, 0) is 6.07 Å². The Bertz CT molecular complexity index is 391. The molecule has 0 spiro atoms. The maximum atomic E-state index is 11.7. The molecule has 2 heterocycles. The number of hydrogen-bond donors (Lipinski definition) is 2. The van der Waals surface area contributed by atoms with E-state index in [-0.39, 0.29) is 23.3 Å². The number of rotatable bonds is 3. The quantitative estimate of drug-likeness (QED) is 0.770. The van der Waals surface area contributed by atoms with E-state index in [1.165, 1.54) is 18.5 Å². The fourth-order valence-electron chi connectivity index (χ4n) is 1.53. The van der Waals surface area contributed by atoms with Gasteiger partial charge >= 0.3 is 0 Å². The summed E-state index contributed by atoms with van der Waals surface area (Å²) in [6.45, 7) is 1.97.